The van der Waals surface area contributed by atoms with Gasteiger partial charge in [0, 0.05) is 5.56 Å². The lowest BCUT2D eigenvalue weighted by Crippen LogP contribution is -2.41. The number of aliphatic hydroxyl groups is 1. The normalized spacial score (nSPS) is 13.7. The van der Waals surface area contributed by atoms with Gasteiger partial charge in [0.2, 0.25) is 0 Å². The summed E-state index contributed by atoms with van der Waals surface area (Å²) in [4.78, 5) is 12.6. The van der Waals surface area contributed by atoms with Gasteiger partial charge in [-0.2, -0.15) is 11.3 Å². The lowest BCUT2D eigenvalue weighted by molar-refractivity contribution is 0.0530. The van der Waals surface area contributed by atoms with Gasteiger partial charge in [-0.15, -0.1) is 11.3 Å². The molecule has 0 saturated heterocycles. The van der Waals surface area contributed by atoms with Crippen LogP contribution in [0, 0.1) is 0 Å². The smallest absolute Gasteiger partial charge is 0.261 e. The van der Waals surface area contributed by atoms with E-state index in [9.17, 15) is 9.90 Å². The molecule has 22 heavy (non-hydrogen) atoms. The molecule has 0 aliphatic carbocycles. The summed E-state index contributed by atoms with van der Waals surface area (Å²) in [6.07, 6.45) is 1.49. The van der Waals surface area contributed by atoms with Crippen molar-refractivity contribution in [1.29, 1.82) is 0 Å². The lowest BCUT2D eigenvalue weighted by atomic mass is 9.93. The summed E-state index contributed by atoms with van der Waals surface area (Å²) in [5, 5.41) is 17.4. The van der Waals surface area contributed by atoms with Crippen molar-refractivity contribution >= 4 is 40.2 Å². The number of rotatable bonds is 5. The fourth-order valence-electron chi connectivity index (χ4n) is 2.08. The van der Waals surface area contributed by atoms with E-state index in [-0.39, 0.29) is 12.5 Å². The lowest BCUT2D eigenvalue weighted by Gasteiger charge is -2.25. The van der Waals surface area contributed by atoms with Crippen molar-refractivity contribution in [3.8, 4) is 0 Å². The molecule has 0 unspecified atom stereocenters. The molecular formula is C15H12ClNO3S2. The Bertz CT molecular complexity index is 715. The van der Waals surface area contributed by atoms with E-state index in [0.29, 0.717) is 20.5 Å². The van der Waals surface area contributed by atoms with E-state index < -0.39 is 5.60 Å². The highest BCUT2D eigenvalue weighted by Gasteiger charge is 2.35. The predicted octanol–water partition coefficient (Wildman–Crippen LogP) is 3.72. The van der Waals surface area contributed by atoms with Gasteiger partial charge < -0.3 is 14.8 Å². The molecule has 0 fully saturated rings. The molecule has 0 spiro atoms. The fraction of sp³-hybridized carbons (Fsp3) is 0.133. The minimum absolute atomic E-state index is 0.00555. The van der Waals surface area contributed by atoms with Crippen molar-refractivity contribution in [1.82, 2.24) is 5.32 Å². The van der Waals surface area contributed by atoms with Crippen LogP contribution in [0.15, 0.2) is 51.8 Å². The number of nitrogens with one attached hydrogen (secondary N) is 1. The minimum Gasteiger partial charge on any atom is -0.466 e. The number of amides is 1. The third kappa shape index (κ3) is 2.96. The molecule has 3 aromatic heterocycles. The Morgan fingerprint density at radius 2 is 2.23 bits per heavy atom. The van der Waals surface area contributed by atoms with E-state index in [2.05, 4.69) is 5.32 Å². The number of thiophene rings is 2. The van der Waals surface area contributed by atoms with Gasteiger partial charge in [-0.25, -0.2) is 0 Å². The second kappa shape index (κ2) is 6.26. The summed E-state index contributed by atoms with van der Waals surface area (Å²) >= 11 is 8.49. The van der Waals surface area contributed by atoms with Crippen molar-refractivity contribution in [2.24, 2.45) is 0 Å². The van der Waals surface area contributed by atoms with Crippen molar-refractivity contribution in [2.45, 2.75) is 5.60 Å². The van der Waals surface area contributed by atoms with Gasteiger partial charge in [0.15, 0.2) is 5.60 Å². The molecular weight excluding hydrogens is 342 g/mol. The molecule has 0 aliphatic heterocycles. The van der Waals surface area contributed by atoms with Crippen LogP contribution in [0.1, 0.15) is 21.0 Å². The van der Waals surface area contributed by atoms with E-state index in [4.69, 9.17) is 16.0 Å². The molecule has 0 aliphatic rings. The van der Waals surface area contributed by atoms with Crippen molar-refractivity contribution < 1.29 is 14.3 Å². The first kappa shape index (κ1) is 15.3. The Kier molecular flexibility index (Phi) is 4.35. The molecule has 3 rings (SSSR count). The maximum Gasteiger partial charge on any atom is 0.261 e. The average Bonchev–Trinajstić information content (AvgIpc) is 3.24. The molecule has 0 aromatic carbocycles. The zero-order valence-electron chi connectivity index (χ0n) is 11.3. The zero-order chi connectivity index (χ0) is 15.6. The molecule has 3 heterocycles. The zero-order valence-corrected chi connectivity index (χ0v) is 13.7. The first-order chi connectivity index (χ1) is 10.6. The summed E-state index contributed by atoms with van der Waals surface area (Å²) in [7, 11) is 0. The number of carbonyl (C=O) groups excluding carboxylic acids is 1. The van der Waals surface area contributed by atoms with Crippen LogP contribution in [0.3, 0.4) is 0 Å². The standard InChI is InChI=1S/C15H12ClNO3S2/c16-13-4-3-11(22-13)14(18)17-9-15(19,10-5-7-21-8-10)12-2-1-6-20-12/h1-8,19H,9H2,(H,17,18)/t15-/m0/s1. The summed E-state index contributed by atoms with van der Waals surface area (Å²) < 4.78 is 5.90. The fourth-order valence-corrected chi connectivity index (χ4v) is 3.76. The van der Waals surface area contributed by atoms with Gasteiger partial charge in [-0.1, -0.05) is 11.6 Å². The molecule has 7 heteroatoms. The van der Waals surface area contributed by atoms with Crippen LogP contribution in [0.5, 0.6) is 0 Å². The summed E-state index contributed by atoms with van der Waals surface area (Å²) in [6, 6.07) is 8.51. The largest absolute Gasteiger partial charge is 0.466 e. The summed E-state index contributed by atoms with van der Waals surface area (Å²) in [6.45, 7) is 0.00555. The molecule has 4 nitrogen and oxygen atoms in total. The van der Waals surface area contributed by atoms with Crippen LogP contribution in [0.4, 0.5) is 0 Å². The van der Waals surface area contributed by atoms with Crippen LogP contribution in [0.25, 0.3) is 0 Å². The molecule has 0 saturated carbocycles. The maximum absolute atomic E-state index is 12.1. The third-order valence-corrected chi connectivity index (χ3v) is 5.14. The maximum atomic E-state index is 12.1. The Morgan fingerprint density at radius 1 is 1.36 bits per heavy atom. The molecule has 0 radical (unpaired) electrons. The second-order valence-corrected chi connectivity index (χ2v) is 7.13. The summed E-state index contributed by atoms with van der Waals surface area (Å²) in [5.74, 6) is 0.104. The second-order valence-electron chi connectivity index (χ2n) is 4.64. The third-order valence-electron chi connectivity index (χ3n) is 3.23. The molecule has 1 atom stereocenters. The van der Waals surface area contributed by atoms with E-state index in [1.807, 2.05) is 10.8 Å². The van der Waals surface area contributed by atoms with Crippen LogP contribution in [-0.2, 0) is 5.60 Å². The van der Waals surface area contributed by atoms with E-state index in [0.717, 1.165) is 0 Å². The average molecular weight is 354 g/mol. The van der Waals surface area contributed by atoms with Crippen molar-refractivity contribution in [3.63, 3.8) is 0 Å². The Morgan fingerprint density at radius 3 is 2.82 bits per heavy atom. The highest BCUT2D eigenvalue weighted by atomic mass is 35.5. The predicted molar refractivity (Wildman–Crippen MR) is 87.7 cm³/mol. The van der Waals surface area contributed by atoms with Gasteiger partial charge in [-0.3, -0.25) is 4.79 Å². The molecule has 3 aromatic rings. The van der Waals surface area contributed by atoms with Gasteiger partial charge in [0.1, 0.15) is 5.76 Å². The molecule has 114 valence electrons. The Hall–Kier alpha value is -1.60. The highest BCUT2D eigenvalue weighted by Crippen LogP contribution is 2.31. The highest BCUT2D eigenvalue weighted by molar-refractivity contribution is 7.18. The SMILES string of the molecule is O=C(NC[C@](O)(c1ccsc1)c1ccco1)c1ccc(Cl)s1. The number of furan rings is 1. The summed E-state index contributed by atoms with van der Waals surface area (Å²) in [5.41, 5.74) is -0.725. The van der Waals surface area contributed by atoms with Crippen molar-refractivity contribution in [3.05, 3.63) is 67.9 Å². The molecule has 1 amide bonds. The Balaban J connectivity index is 1.81. The number of carbonyl (C=O) groups is 1. The van der Waals surface area contributed by atoms with E-state index in [1.165, 1.54) is 28.9 Å². The van der Waals surface area contributed by atoms with Crippen LogP contribution < -0.4 is 5.32 Å². The van der Waals surface area contributed by atoms with Gasteiger partial charge in [0.25, 0.3) is 5.91 Å². The minimum atomic E-state index is -1.40. The van der Waals surface area contributed by atoms with E-state index in [1.54, 1.807) is 30.3 Å². The van der Waals surface area contributed by atoms with Gasteiger partial charge >= 0.3 is 0 Å². The number of hydrogen-bond acceptors (Lipinski definition) is 5. The van der Waals surface area contributed by atoms with Crippen LogP contribution >= 0.6 is 34.3 Å². The first-order valence-electron chi connectivity index (χ1n) is 6.42. The van der Waals surface area contributed by atoms with Gasteiger partial charge in [0.05, 0.1) is 22.0 Å². The molecule has 2 N–H and O–H groups in total. The van der Waals surface area contributed by atoms with E-state index >= 15 is 0 Å². The first-order valence-corrected chi connectivity index (χ1v) is 8.56. The number of hydrogen-bond donors (Lipinski definition) is 2. The van der Waals surface area contributed by atoms with Crippen molar-refractivity contribution in [2.75, 3.05) is 6.54 Å². The topological polar surface area (TPSA) is 62.5 Å². The Labute approximate surface area is 140 Å². The van der Waals surface area contributed by atoms with Gasteiger partial charge in [-0.05, 0) is 41.1 Å². The quantitative estimate of drug-likeness (QED) is 0.734. The number of halogens is 1. The molecule has 0 bridgehead atoms. The van der Waals surface area contributed by atoms with Crippen LogP contribution in [0.2, 0.25) is 4.34 Å². The van der Waals surface area contributed by atoms with Crippen LogP contribution in [-0.4, -0.2) is 17.6 Å². The monoisotopic (exact) mass is 353 g/mol.